The third-order valence-corrected chi connectivity index (χ3v) is 3.48. The Morgan fingerprint density at radius 1 is 1.41 bits per heavy atom. The van der Waals surface area contributed by atoms with Crippen molar-refractivity contribution in [2.75, 3.05) is 6.54 Å². The Labute approximate surface area is 105 Å². The maximum absolute atomic E-state index is 6.02. The first-order valence-corrected chi connectivity index (χ1v) is 6.42. The Bertz CT molecular complexity index is 544. The van der Waals surface area contributed by atoms with Gasteiger partial charge in [-0.2, -0.15) is 0 Å². The Balaban J connectivity index is 2.03. The maximum Gasteiger partial charge on any atom is 0.212 e. The quantitative estimate of drug-likeness (QED) is 0.840. The maximum atomic E-state index is 6.02. The van der Waals surface area contributed by atoms with E-state index in [2.05, 4.69) is 10.3 Å². The Morgan fingerprint density at radius 3 is 3.06 bits per heavy atom. The van der Waals surface area contributed by atoms with Gasteiger partial charge in [-0.3, -0.25) is 0 Å². The van der Waals surface area contributed by atoms with E-state index in [9.17, 15) is 0 Å². The molecule has 1 aliphatic rings. The summed E-state index contributed by atoms with van der Waals surface area (Å²) in [6.45, 7) is 3.04. The summed E-state index contributed by atoms with van der Waals surface area (Å²) in [5.41, 5.74) is 2.76. The zero-order valence-corrected chi connectivity index (χ0v) is 10.5. The van der Waals surface area contributed by atoms with E-state index in [-0.39, 0.29) is 6.04 Å². The van der Waals surface area contributed by atoms with Crippen LogP contribution in [0.4, 0.5) is 0 Å². The topological polar surface area (TPSA) is 38.1 Å². The van der Waals surface area contributed by atoms with E-state index in [0.29, 0.717) is 5.02 Å². The van der Waals surface area contributed by atoms with Crippen LogP contribution in [0.25, 0.3) is 11.1 Å². The normalized spacial score (nSPS) is 20.9. The number of piperidine rings is 1. The number of hydrogen-bond donors (Lipinski definition) is 1. The van der Waals surface area contributed by atoms with Crippen molar-refractivity contribution in [3.63, 3.8) is 0 Å². The van der Waals surface area contributed by atoms with E-state index in [1.165, 1.54) is 12.8 Å². The molecule has 1 unspecified atom stereocenters. The molecule has 1 fully saturated rings. The largest absolute Gasteiger partial charge is 0.439 e. The van der Waals surface area contributed by atoms with Crippen LogP contribution in [-0.2, 0) is 0 Å². The Hall–Kier alpha value is -1.06. The number of halogens is 1. The van der Waals surface area contributed by atoms with Gasteiger partial charge in [-0.15, -0.1) is 0 Å². The molecule has 0 bridgehead atoms. The van der Waals surface area contributed by atoms with Gasteiger partial charge in [-0.1, -0.05) is 18.0 Å². The summed E-state index contributed by atoms with van der Waals surface area (Å²) in [4.78, 5) is 4.54. The van der Waals surface area contributed by atoms with Crippen LogP contribution >= 0.6 is 11.6 Å². The fraction of sp³-hybridized carbons (Fsp3) is 0.462. The number of aryl methyl sites for hydroxylation is 1. The van der Waals surface area contributed by atoms with Crippen molar-refractivity contribution in [2.45, 2.75) is 32.2 Å². The van der Waals surface area contributed by atoms with Crippen molar-refractivity contribution in [2.24, 2.45) is 0 Å². The van der Waals surface area contributed by atoms with Crippen molar-refractivity contribution in [1.29, 1.82) is 0 Å². The Morgan fingerprint density at radius 2 is 2.29 bits per heavy atom. The predicted molar refractivity (Wildman–Crippen MR) is 68.4 cm³/mol. The lowest BCUT2D eigenvalue weighted by Crippen LogP contribution is -2.26. The molecule has 1 N–H and O–H groups in total. The molecule has 1 atom stereocenters. The average Bonchev–Trinajstić information content (AvgIpc) is 2.74. The van der Waals surface area contributed by atoms with Gasteiger partial charge in [0.1, 0.15) is 5.52 Å². The summed E-state index contributed by atoms with van der Waals surface area (Å²) in [6, 6.07) is 4.03. The van der Waals surface area contributed by atoms with Crippen molar-refractivity contribution >= 4 is 22.7 Å². The lowest BCUT2D eigenvalue weighted by atomic mass is 10.1. The van der Waals surface area contributed by atoms with E-state index in [0.717, 1.165) is 35.5 Å². The number of benzene rings is 1. The lowest BCUT2D eigenvalue weighted by Gasteiger charge is -2.20. The smallest absolute Gasteiger partial charge is 0.212 e. The molecule has 1 aromatic carbocycles. The highest BCUT2D eigenvalue weighted by Crippen LogP contribution is 2.29. The first-order valence-electron chi connectivity index (χ1n) is 6.04. The number of nitrogens with one attached hydrogen (secondary N) is 1. The van der Waals surface area contributed by atoms with Crippen molar-refractivity contribution in [1.82, 2.24) is 10.3 Å². The first kappa shape index (κ1) is 11.1. The molecule has 2 aromatic rings. The first-order chi connectivity index (χ1) is 8.24. The molecule has 4 heteroatoms. The summed E-state index contributed by atoms with van der Waals surface area (Å²) in [6.07, 6.45) is 3.57. The number of rotatable bonds is 1. The van der Waals surface area contributed by atoms with Crippen molar-refractivity contribution in [3.8, 4) is 0 Å². The summed E-state index contributed by atoms with van der Waals surface area (Å²) < 4.78 is 5.86. The third-order valence-electron chi connectivity index (χ3n) is 3.27. The second-order valence-corrected chi connectivity index (χ2v) is 5.06. The van der Waals surface area contributed by atoms with Gasteiger partial charge >= 0.3 is 0 Å². The fourth-order valence-electron chi connectivity index (χ4n) is 2.39. The average molecular weight is 251 g/mol. The highest BCUT2D eigenvalue weighted by molar-refractivity contribution is 6.31. The van der Waals surface area contributed by atoms with Crippen LogP contribution in [0.2, 0.25) is 5.02 Å². The molecule has 0 amide bonds. The van der Waals surface area contributed by atoms with Gasteiger partial charge in [0.2, 0.25) is 5.89 Å². The van der Waals surface area contributed by atoms with Gasteiger partial charge in [0, 0.05) is 5.02 Å². The summed E-state index contributed by atoms with van der Waals surface area (Å²) in [5.74, 6) is 0.796. The molecule has 17 heavy (non-hydrogen) atoms. The molecule has 1 saturated heterocycles. The molecule has 3 nitrogen and oxygen atoms in total. The van der Waals surface area contributed by atoms with Gasteiger partial charge in [0.25, 0.3) is 0 Å². The number of oxazole rings is 1. The van der Waals surface area contributed by atoms with Gasteiger partial charge in [0.15, 0.2) is 5.58 Å². The minimum Gasteiger partial charge on any atom is -0.439 e. The molecule has 3 rings (SSSR count). The molecule has 2 heterocycles. The van der Waals surface area contributed by atoms with Crippen LogP contribution < -0.4 is 5.32 Å². The van der Waals surface area contributed by atoms with Gasteiger partial charge in [0.05, 0.1) is 6.04 Å². The van der Waals surface area contributed by atoms with E-state index >= 15 is 0 Å². The molecular formula is C13H15ClN2O. The molecule has 0 aliphatic carbocycles. The molecule has 1 aliphatic heterocycles. The van der Waals surface area contributed by atoms with E-state index in [1.54, 1.807) is 0 Å². The van der Waals surface area contributed by atoms with Gasteiger partial charge in [-0.25, -0.2) is 4.98 Å². The second-order valence-electron chi connectivity index (χ2n) is 4.63. The highest BCUT2D eigenvalue weighted by Gasteiger charge is 2.20. The molecule has 0 spiro atoms. The van der Waals surface area contributed by atoms with Crippen molar-refractivity contribution < 1.29 is 4.42 Å². The Kier molecular flexibility index (Phi) is 2.81. The number of hydrogen-bond acceptors (Lipinski definition) is 3. The zero-order chi connectivity index (χ0) is 11.8. The highest BCUT2D eigenvalue weighted by atomic mass is 35.5. The van der Waals surface area contributed by atoms with Crippen LogP contribution in [0.15, 0.2) is 16.5 Å². The van der Waals surface area contributed by atoms with Crippen LogP contribution in [0.1, 0.15) is 36.8 Å². The van der Waals surface area contributed by atoms with Crippen molar-refractivity contribution in [3.05, 3.63) is 28.6 Å². The van der Waals surface area contributed by atoms with Crippen LogP contribution in [-0.4, -0.2) is 11.5 Å². The molecular weight excluding hydrogens is 236 g/mol. The van der Waals surface area contributed by atoms with E-state index in [1.807, 2.05) is 19.1 Å². The van der Waals surface area contributed by atoms with Gasteiger partial charge < -0.3 is 9.73 Å². The summed E-state index contributed by atoms with van der Waals surface area (Å²) in [5, 5.41) is 4.16. The predicted octanol–water partition coefficient (Wildman–Crippen LogP) is 3.60. The van der Waals surface area contributed by atoms with Crippen LogP contribution in [0.3, 0.4) is 0 Å². The SMILES string of the molecule is Cc1cc(Cl)cc2nc(C3CCCCN3)oc12. The molecule has 90 valence electrons. The monoisotopic (exact) mass is 250 g/mol. The minimum absolute atomic E-state index is 0.259. The van der Waals surface area contributed by atoms with E-state index in [4.69, 9.17) is 16.0 Å². The number of nitrogens with zero attached hydrogens (tertiary/aromatic N) is 1. The standard InChI is InChI=1S/C13H15ClN2O/c1-8-6-9(14)7-11-12(8)17-13(16-11)10-4-2-3-5-15-10/h6-7,10,15H,2-5H2,1H3. The molecule has 0 saturated carbocycles. The molecule has 1 aromatic heterocycles. The van der Waals surface area contributed by atoms with Gasteiger partial charge in [-0.05, 0) is 44.0 Å². The number of fused-ring (bicyclic) bond motifs is 1. The van der Waals surface area contributed by atoms with E-state index < -0.39 is 0 Å². The minimum atomic E-state index is 0.259. The summed E-state index contributed by atoms with van der Waals surface area (Å²) in [7, 11) is 0. The number of aromatic nitrogens is 1. The zero-order valence-electron chi connectivity index (χ0n) is 9.79. The second kappa shape index (κ2) is 4.31. The lowest BCUT2D eigenvalue weighted by molar-refractivity contribution is 0.347. The van der Waals surface area contributed by atoms with Crippen LogP contribution in [0.5, 0.6) is 0 Å². The fourth-order valence-corrected chi connectivity index (χ4v) is 2.65. The summed E-state index contributed by atoms with van der Waals surface area (Å²) >= 11 is 6.02. The van der Waals surface area contributed by atoms with Crippen LogP contribution in [0, 0.1) is 6.92 Å². The molecule has 0 radical (unpaired) electrons. The third kappa shape index (κ3) is 2.05.